The van der Waals surface area contributed by atoms with Crippen LogP contribution in [-0.4, -0.2) is 31.6 Å². The molecule has 0 saturated heterocycles. The Balaban J connectivity index is 1.85. The molecule has 4 aromatic carbocycles. The number of hydrogen-bond donors (Lipinski definition) is 2. The molecule has 0 aliphatic carbocycles. The number of amidine groups is 1. The summed E-state index contributed by atoms with van der Waals surface area (Å²) in [6.45, 7) is 1.54. The second kappa shape index (κ2) is 11.3. The molecule has 0 bridgehead atoms. The van der Waals surface area contributed by atoms with Crippen molar-refractivity contribution in [1.82, 2.24) is 0 Å². The van der Waals surface area contributed by atoms with Crippen molar-refractivity contribution in [2.45, 2.75) is 13.1 Å². The summed E-state index contributed by atoms with van der Waals surface area (Å²) in [6.07, 6.45) is 0. The number of benzene rings is 4. The fourth-order valence-corrected chi connectivity index (χ4v) is 3.99. The summed E-state index contributed by atoms with van der Waals surface area (Å²) in [4.78, 5) is 1.30. The summed E-state index contributed by atoms with van der Waals surface area (Å²) in [7, 11) is 5.99. The SMILES string of the molecule is COc1ccccc1NC(c1ccc([NH+](C)C)cc1)=[N+](Cc1ccccc1)Cc1ccccc1. The van der Waals surface area contributed by atoms with Crippen LogP contribution in [0.2, 0.25) is 0 Å². The molecule has 0 atom stereocenters. The van der Waals surface area contributed by atoms with Gasteiger partial charge in [0.05, 0.1) is 26.8 Å². The highest BCUT2D eigenvalue weighted by Gasteiger charge is 2.21. The van der Waals surface area contributed by atoms with E-state index in [1.807, 2.05) is 18.2 Å². The monoisotopic (exact) mass is 451 g/mol. The van der Waals surface area contributed by atoms with Crippen LogP contribution in [0.15, 0.2) is 109 Å². The van der Waals surface area contributed by atoms with Gasteiger partial charge in [-0.25, -0.2) is 5.32 Å². The fraction of sp³-hybridized carbons (Fsp3) is 0.167. The zero-order valence-electron chi connectivity index (χ0n) is 20.2. The van der Waals surface area contributed by atoms with Gasteiger partial charge in [0.25, 0.3) is 5.84 Å². The Hall–Kier alpha value is -3.89. The largest absolute Gasteiger partial charge is 0.492 e. The van der Waals surface area contributed by atoms with Crippen molar-refractivity contribution in [3.63, 3.8) is 0 Å². The van der Waals surface area contributed by atoms with Crippen molar-refractivity contribution in [3.05, 3.63) is 126 Å². The lowest BCUT2D eigenvalue weighted by Gasteiger charge is -2.16. The lowest BCUT2D eigenvalue weighted by atomic mass is 10.1. The summed E-state index contributed by atoms with van der Waals surface area (Å²) in [5, 5.41) is 3.71. The number of nitrogens with zero attached hydrogens (tertiary/aromatic N) is 1. The molecule has 2 N–H and O–H groups in total. The van der Waals surface area contributed by atoms with Gasteiger partial charge in [-0.1, -0.05) is 72.8 Å². The highest BCUT2D eigenvalue weighted by atomic mass is 16.5. The van der Waals surface area contributed by atoms with Gasteiger partial charge in [0.2, 0.25) is 0 Å². The van der Waals surface area contributed by atoms with Crippen LogP contribution < -0.4 is 15.0 Å². The Morgan fingerprint density at radius 3 is 1.76 bits per heavy atom. The van der Waals surface area contributed by atoms with Crippen molar-refractivity contribution >= 4 is 17.2 Å². The molecule has 0 spiro atoms. The van der Waals surface area contributed by atoms with E-state index >= 15 is 0 Å². The molecule has 0 aliphatic rings. The molecule has 0 fully saturated rings. The number of methoxy groups -OCH3 is 1. The number of para-hydroxylation sites is 2. The van der Waals surface area contributed by atoms with Crippen LogP contribution in [0.25, 0.3) is 0 Å². The van der Waals surface area contributed by atoms with Gasteiger partial charge in [-0.3, -0.25) is 4.58 Å². The van der Waals surface area contributed by atoms with Gasteiger partial charge in [-0.2, -0.15) is 0 Å². The van der Waals surface area contributed by atoms with E-state index < -0.39 is 0 Å². The first-order valence-electron chi connectivity index (χ1n) is 11.6. The Morgan fingerprint density at radius 2 is 1.24 bits per heavy atom. The molecule has 0 radical (unpaired) electrons. The lowest BCUT2D eigenvalue weighted by Crippen LogP contribution is -3.00. The van der Waals surface area contributed by atoms with Crippen LogP contribution >= 0.6 is 0 Å². The molecule has 0 unspecified atom stereocenters. The number of anilines is 1. The smallest absolute Gasteiger partial charge is 0.282 e. The minimum Gasteiger partial charge on any atom is -0.492 e. The minimum atomic E-state index is 0.772. The van der Waals surface area contributed by atoms with Crippen LogP contribution in [0.4, 0.5) is 11.4 Å². The Bertz CT molecular complexity index is 1170. The second-order valence-electron chi connectivity index (χ2n) is 8.58. The Morgan fingerprint density at radius 1 is 0.706 bits per heavy atom. The van der Waals surface area contributed by atoms with Crippen LogP contribution in [0.5, 0.6) is 5.75 Å². The minimum absolute atomic E-state index is 0.772. The number of ether oxygens (including phenoxy) is 1. The predicted octanol–water partition coefficient (Wildman–Crippen LogP) is 4.74. The normalized spacial score (nSPS) is 10.7. The topological polar surface area (TPSA) is 28.7 Å². The summed E-state index contributed by atoms with van der Waals surface area (Å²) in [5.41, 5.74) is 5.83. The van der Waals surface area contributed by atoms with Crippen molar-refractivity contribution in [2.75, 3.05) is 26.5 Å². The van der Waals surface area contributed by atoms with E-state index in [-0.39, 0.29) is 0 Å². The maximum atomic E-state index is 5.65. The molecule has 4 nitrogen and oxygen atoms in total. The zero-order chi connectivity index (χ0) is 23.8. The van der Waals surface area contributed by atoms with Crippen molar-refractivity contribution in [3.8, 4) is 5.75 Å². The third kappa shape index (κ3) is 5.91. The van der Waals surface area contributed by atoms with Gasteiger partial charge < -0.3 is 9.64 Å². The van der Waals surface area contributed by atoms with E-state index in [4.69, 9.17) is 4.74 Å². The average Bonchev–Trinajstić information content (AvgIpc) is 2.88. The van der Waals surface area contributed by atoms with Gasteiger partial charge in [0.1, 0.15) is 18.8 Å². The Labute approximate surface area is 202 Å². The van der Waals surface area contributed by atoms with Gasteiger partial charge in [0.15, 0.2) is 11.4 Å². The lowest BCUT2D eigenvalue weighted by molar-refractivity contribution is -0.786. The molecule has 0 saturated carbocycles. The fourth-order valence-electron chi connectivity index (χ4n) is 3.99. The van der Waals surface area contributed by atoms with E-state index in [1.165, 1.54) is 21.7 Å². The first-order chi connectivity index (χ1) is 16.6. The quantitative estimate of drug-likeness (QED) is 0.230. The first kappa shape index (κ1) is 23.3. The van der Waals surface area contributed by atoms with E-state index in [2.05, 4.69) is 115 Å². The molecule has 0 heterocycles. The van der Waals surface area contributed by atoms with Crippen molar-refractivity contribution in [1.29, 1.82) is 0 Å². The summed E-state index contributed by atoms with van der Waals surface area (Å²) < 4.78 is 8.05. The van der Waals surface area contributed by atoms with Gasteiger partial charge in [-0.15, -0.1) is 0 Å². The van der Waals surface area contributed by atoms with Gasteiger partial charge in [-0.05, 0) is 47.5 Å². The van der Waals surface area contributed by atoms with E-state index in [0.717, 1.165) is 35.9 Å². The van der Waals surface area contributed by atoms with Gasteiger partial charge in [0, 0.05) is 0 Å². The standard InChI is InChI=1S/C30H31N3O/c1-32(2)27-20-18-26(19-21-27)30(31-28-16-10-11-17-29(28)34-3)33(22-24-12-6-4-7-13-24)23-25-14-8-5-9-15-25/h4-21H,22-23H2,1-3H3/p+2. The number of quaternary nitrogens is 1. The summed E-state index contributed by atoms with van der Waals surface area (Å²) >= 11 is 0. The molecule has 34 heavy (non-hydrogen) atoms. The van der Waals surface area contributed by atoms with Crippen LogP contribution in [0.1, 0.15) is 16.7 Å². The average molecular weight is 452 g/mol. The molecular formula is C30H33N3O+2. The Kier molecular flexibility index (Phi) is 7.74. The maximum absolute atomic E-state index is 5.65. The first-order valence-corrected chi connectivity index (χ1v) is 11.6. The van der Waals surface area contributed by atoms with Crippen molar-refractivity contribution < 1.29 is 14.2 Å². The van der Waals surface area contributed by atoms with Gasteiger partial charge >= 0.3 is 0 Å². The summed E-state index contributed by atoms with van der Waals surface area (Å²) in [5.74, 6) is 1.85. The van der Waals surface area contributed by atoms with E-state index in [0.29, 0.717) is 0 Å². The molecule has 0 amide bonds. The molecule has 172 valence electrons. The molecular weight excluding hydrogens is 418 g/mol. The van der Waals surface area contributed by atoms with Crippen LogP contribution in [0, 0.1) is 0 Å². The zero-order valence-corrected chi connectivity index (χ0v) is 20.2. The molecule has 0 aliphatic heterocycles. The maximum Gasteiger partial charge on any atom is 0.282 e. The number of rotatable bonds is 8. The van der Waals surface area contributed by atoms with Crippen molar-refractivity contribution in [2.24, 2.45) is 0 Å². The molecule has 0 aromatic heterocycles. The highest BCUT2D eigenvalue weighted by Crippen LogP contribution is 2.24. The number of nitrogens with one attached hydrogen (secondary N) is 2. The van der Waals surface area contributed by atoms with Crippen LogP contribution in [-0.2, 0) is 13.1 Å². The second-order valence-corrected chi connectivity index (χ2v) is 8.58. The molecule has 4 heteroatoms. The van der Waals surface area contributed by atoms with E-state index in [9.17, 15) is 0 Å². The molecule has 4 aromatic rings. The molecule has 4 rings (SSSR count). The summed E-state index contributed by atoms with van der Waals surface area (Å²) in [6, 6.07) is 38.0. The van der Waals surface area contributed by atoms with Crippen LogP contribution in [0.3, 0.4) is 0 Å². The highest BCUT2D eigenvalue weighted by molar-refractivity contribution is 6.05. The predicted molar refractivity (Wildman–Crippen MR) is 140 cm³/mol. The third-order valence-corrected chi connectivity index (χ3v) is 5.84. The van der Waals surface area contributed by atoms with E-state index in [1.54, 1.807) is 7.11 Å². The number of hydrogen-bond acceptors (Lipinski definition) is 1. The third-order valence-electron chi connectivity index (χ3n) is 5.84.